The lowest BCUT2D eigenvalue weighted by molar-refractivity contribution is 0.0730. The van der Waals surface area contributed by atoms with Crippen molar-refractivity contribution < 1.29 is 13.2 Å². The quantitative estimate of drug-likeness (QED) is 0.751. The van der Waals surface area contributed by atoms with Crippen LogP contribution in [0.2, 0.25) is 5.02 Å². The lowest BCUT2D eigenvalue weighted by Crippen LogP contribution is -2.46. The second-order valence-corrected chi connectivity index (χ2v) is 9.20. The zero-order valence-electron chi connectivity index (χ0n) is 15.5. The van der Waals surface area contributed by atoms with Gasteiger partial charge in [0.05, 0.1) is 13.2 Å². The van der Waals surface area contributed by atoms with Gasteiger partial charge in [-0.05, 0) is 30.3 Å². The highest BCUT2D eigenvalue weighted by atomic mass is 35.5. The molecule has 7 nitrogen and oxygen atoms in total. The van der Waals surface area contributed by atoms with E-state index in [1.165, 1.54) is 10.5 Å². The number of rotatable bonds is 4. The van der Waals surface area contributed by atoms with E-state index in [9.17, 15) is 8.42 Å². The molecule has 9 heteroatoms. The molecule has 0 unspecified atom stereocenters. The standard InChI is InChI=1S/C19H23ClN4O3S/c20-16-2-1-3-17(14-16)22-6-8-23(9-7-22)19-5-4-18(15-21-19)28(25,26)24-10-12-27-13-11-24/h1-5,14-15H,6-13H2. The Bertz CT molecular complexity index is 909. The number of anilines is 2. The van der Waals surface area contributed by atoms with Gasteiger partial charge >= 0.3 is 0 Å². The number of aromatic nitrogens is 1. The highest BCUT2D eigenvalue weighted by molar-refractivity contribution is 7.89. The maximum Gasteiger partial charge on any atom is 0.244 e. The molecule has 1 aromatic heterocycles. The summed E-state index contributed by atoms with van der Waals surface area (Å²) in [6.07, 6.45) is 1.46. The lowest BCUT2D eigenvalue weighted by atomic mass is 10.2. The van der Waals surface area contributed by atoms with E-state index in [1.54, 1.807) is 12.1 Å². The average Bonchev–Trinajstić information content (AvgIpc) is 2.75. The van der Waals surface area contributed by atoms with Crippen LogP contribution in [0.3, 0.4) is 0 Å². The van der Waals surface area contributed by atoms with Crippen molar-refractivity contribution in [2.45, 2.75) is 4.90 Å². The number of piperazine rings is 1. The fourth-order valence-electron chi connectivity index (χ4n) is 3.51. The Morgan fingerprint density at radius 3 is 2.29 bits per heavy atom. The molecule has 0 atom stereocenters. The summed E-state index contributed by atoms with van der Waals surface area (Å²) in [4.78, 5) is 9.12. The van der Waals surface area contributed by atoms with E-state index >= 15 is 0 Å². The van der Waals surface area contributed by atoms with Gasteiger partial charge in [0, 0.05) is 56.2 Å². The number of morpholine rings is 1. The van der Waals surface area contributed by atoms with Gasteiger partial charge in [0.2, 0.25) is 10.0 Å². The molecule has 2 fully saturated rings. The minimum atomic E-state index is -3.51. The fraction of sp³-hybridized carbons (Fsp3) is 0.421. The highest BCUT2D eigenvalue weighted by Gasteiger charge is 2.27. The van der Waals surface area contributed by atoms with Crippen LogP contribution >= 0.6 is 11.6 Å². The number of sulfonamides is 1. The second kappa shape index (κ2) is 8.24. The van der Waals surface area contributed by atoms with Crippen LogP contribution < -0.4 is 9.80 Å². The van der Waals surface area contributed by atoms with Crippen molar-refractivity contribution in [1.29, 1.82) is 0 Å². The van der Waals surface area contributed by atoms with Crippen molar-refractivity contribution >= 4 is 33.1 Å². The van der Waals surface area contributed by atoms with Crippen molar-refractivity contribution in [2.24, 2.45) is 0 Å². The van der Waals surface area contributed by atoms with Gasteiger partial charge in [0.25, 0.3) is 0 Å². The molecule has 4 rings (SSSR count). The molecule has 150 valence electrons. The Morgan fingerprint density at radius 2 is 1.64 bits per heavy atom. The zero-order chi connectivity index (χ0) is 19.6. The van der Waals surface area contributed by atoms with E-state index in [0.29, 0.717) is 26.3 Å². The Kier molecular flexibility index (Phi) is 5.73. The summed E-state index contributed by atoms with van der Waals surface area (Å²) in [6, 6.07) is 11.3. The summed E-state index contributed by atoms with van der Waals surface area (Å²) in [5.74, 6) is 0.798. The molecule has 0 bridgehead atoms. The summed E-state index contributed by atoms with van der Waals surface area (Å²) >= 11 is 6.09. The summed E-state index contributed by atoms with van der Waals surface area (Å²) in [5.41, 5.74) is 1.12. The van der Waals surface area contributed by atoms with Crippen molar-refractivity contribution in [1.82, 2.24) is 9.29 Å². The van der Waals surface area contributed by atoms with Crippen LogP contribution in [0.5, 0.6) is 0 Å². The lowest BCUT2D eigenvalue weighted by Gasteiger charge is -2.36. The fourth-order valence-corrected chi connectivity index (χ4v) is 5.05. The Hall–Kier alpha value is -1.87. The third-order valence-electron chi connectivity index (χ3n) is 5.11. The smallest absolute Gasteiger partial charge is 0.244 e. The first-order valence-electron chi connectivity index (χ1n) is 9.33. The largest absolute Gasteiger partial charge is 0.379 e. The van der Waals surface area contributed by atoms with E-state index in [4.69, 9.17) is 16.3 Å². The van der Waals surface area contributed by atoms with Gasteiger partial charge in [-0.25, -0.2) is 13.4 Å². The number of pyridine rings is 1. The molecular formula is C19H23ClN4O3S. The molecule has 2 saturated heterocycles. The van der Waals surface area contributed by atoms with Gasteiger partial charge in [-0.2, -0.15) is 4.31 Å². The predicted molar refractivity (Wildman–Crippen MR) is 110 cm³/mol. The maximum atomic E-state index is 12.7. The van der Waals surface area contributed by atoms with Gasteiger partial charge < -0.3 is 14.5 Å². The summed E-state index contributed by atoms with van der Waals surface area (Å²) in [7, 11) is -3.51. The molecule has 28 heavy (non-hydrogen) atoms. The summed E-state index contributed by atoms with van der Waals surface area (Å²) in [6.45, 7) is 4.98. The van der Waals surface area contributed by atoms with E-state index in [1.807, 2.05) is 18.2 Å². The van der Waals surface area contributed by atoms with Crippen LogP contribution in [0.4, 0.5) is 11.5 Å². The van der Waals surface area contributed by atoms with Crippen molar-refractivity contribution in [3.8, 4) is 0 Å². The first-order valence-corrected chi connectivity index (χ1v) is 11.2. The zero-order valence-corrected chi connectivity index (χ0v) is 17.1. The minimum absolute atomic E-state index is 0.232. The SMILES string of the molecule is O=S(=O)(c1ccc(N2CCN(c3cccc(Cl)c3)CC2)nc1)N1CCOCC1. The van der Waals surface area contributed by atoms with Crippen molar-refractivity contribution in [3.05, 3.63) is 47.6 Å². The topological polar surface area (TPSA) is 66.0 Å². The van der Waals surface area contributed by atoms with Gasteiger partial charge in [-0.3, -0.25) is 0 Å². The molecule has 2 aromatic rings. The average molecular weight is 423 g/mol. The maximum absolute atomic E-state index is 12.7. The molecule has 0 aliphatic carbocycles. The molecule has 0 saturated carbocycles. The molecule has 1 aromatic carbocycles. The van der Waals surface area contributed by atoms with Gasteiger partial charge in [0.1, 0.15) is 10.7 Å². The first-order chi connectivity index (χ1) is 13.5. The first kappa shape index (κ1) is 19.4. The molecule has 0 spiro atoms. The van der Waals surface area contributed by atoms with E-state index in [2.05, 4.69) is 20.9 Å². The molecule has 3 heterocycles. The van der Waals surface area contributed by atoms with Crippen LogP contribution in [0.25, 0.3) is 0 Å². The normalized spacial score (nSPS) is 19.0. The van der Waals surface area contributed by atoms with Gasteiger partial charge in [-0.15, -0.1) is 0 Å². The van der Waals surface area contributed by atoms with Crippen LogP contribution in [0.1, 0.15) is 0 Å². The Labute approximate surface area is 170 Å². The van der Waals surface area contributed by atoms with Gasteiger partial charge in [-0.1, -0.05) is 17.7 Å². The van der Waals surface area contributed by atoms with Crippen LogP contribution in [0, 0.1) is 0 Å². The third-order valence-corrected chi connectivity index (χ3v) is 7.22. The van der Waals surface area contributed by atoms with Crippen LogP contribution in [-0.4, -0.2) is 70.2 Å². The predicted octanol–water partition coefficient (Wildman–Crippen LogP) is 2.08. The summed E-state index contributed by atoms with van der Waals surface area (Å²) in [5, 5.41) is 0.735. The second-order valence-electron chi connectivity index (χ2n) is 6.82. The highest BCUT2D eigenvalue weighted by Crippen LogP contribution is 2.23. The monoisotopic (exact) mass is 422 g/mol. The molecule has 0 amide bonds. The molecule has 0 radical (unpaired) electrons. The number of hydrogen-bond donors (Lipinski definition) is 0. The Morgan fingerprint density at radius 1 is 0.929 bits per heavy atom. The van der Waals surface area contributed by atoms with Crippen molar-refractivity contribution in [3.63, 3.8) is 0 Å². The summed E-state index contributed by atoms with van der Waals surface area (Å²) < 4.78 is 32.1. The van der Waals surface area contributed by atoms with E-state index in [-0.39, 0.29) is 4.90 Å². The third kappa shape index (κ3) is 4.10. The van der Waals surface area contributed by atoms with Gasteiger partial charge in [0.15, 0.2) is 0 Å². The molecule has 2 aliphatic heterocycles. The van der Waals surface area contributed by atoms with Crippen LogP contribution in [0.15, 0.2) is 47.5 Å². The number of ether oxygens (including phenoxy) is 1. The van der Waals surface area contributed by atoms with Crippen molar-refractivity contribution in [2.75, 3.05) is 62.3 Å². The molecule has 0 N–H and O–H groups in total. The number of halogens is 1. The number of hydrogen-bond acceptors (Lipinski definition) is 6. The number of benzene rings is 1. The van der Waals surface area contributed by atoms with Crippen LogP contribution in [-0.2, 0) is 14.8 Å². The minimum Gasteiger partial charge on any atom is -0.379 e. The Balaban J connectivity index is 1.41. The molecule has 2 aliphatic rings. The van der Waals surface area contributed by atoms with E-state index < -0.39 is 10.0 Å². The number of nitrogens with zero attached hydrogens (tertiary/aromatic N) is 4. The molecular weight excluding hydrogens is 400 g/mol. The van der Waals surface area contributed by atoms with E-state index in [0.717, 1.165) is 42.7 Å².